The number of para-hydroxylation sites is 2. The molecule has 2 atom stereocenters. The van der Waals surface area contributed by atoms with E-state index in [2.05, 4.69) is 10.6 Å². The summed E-state index contributed by atoms with van der Waals surface area (Å²) >= 11 is 0. The molecule has 22 heteroatoms. The van der Waals surface area contributed by atoms with Gasteiger partial charge in [0.2, 0.25) is 5.91 Å². The van der Waals surface area contributed by atoms with Crippen molar-refractivity contribution in [1.82, 2.24) is 15.5 Å². The van der Waals surface area contributed by atoms with Crippen molar-refractivity contribution >= 4 is 56.4 Å². The van der Waals surface area contributed by atoms with Crippen molar-refractivity contribution in [3.8, 4) is 17.2 Å². The monoisotopic (exact) mass is 1020 g/mol. The van der Waals surface area contributed by atoms with Gasteiger partial charge in [0.25, 0.3) is 21.5 Å². The van der Waals surface area contributed by atoms with Gasteiger partial charge in [-0.05, 0) is 67.6 Å². The SMILES string of the molecule is COc1cc(C(C)OC(=O)Oc2ccc([N+](=O)[O-])cc2)c([N+](=O)[O-])cc1OCCN(C)CCNC(=O)C(CS(=O)(=O)O)NC1=C(/C=C2/N(C)c3ccccc3C2(C)C)C(=O)/C1=C\C1=Nc2ccccc2C1(C)C. The maximum absolute atomic E-state index is 14.3. The normalized spacial score (nSPS) is 17.3. The minimum absolute atomic E-state index is 0.00503. The van der Waals surface area contributed by atoms with Gasteiger partial charge in [-0.2, -0.15) is 8.42 Å². The molecule has 4 aromatic carbocycles. The van der Waals surface area contributed by atoms with E-state index in [0.717, 1.165) is 46.4 Å². The van der Waals surface area contributed by atoms with Crippen LogP contribution in [-0.2, 0) is 35.3 Å². The van der Waals surface area contributed by atoms with Crippen LogP contribution in [0.2, 0.25) is 0 Å². The summed E-state index contributed by atoms with van der Waals surface area (Å²) in [6.45, 7) is 9.87. The number of non-ortho nitro benzene ring substituents is 1. The lowest BCUT2D eigenvalue weighted by Crippen LogP contribution is -2.51. The molecular weight excluding hydrogens is 967 g/mol. The Bertz CT molecular complexity index is 3130. The molecule has 4 aromatic rings. The number of nitro benzene ring substituents is 2. The maximum Gasteiger partial charge on any atom is 0.514 e. The number of Topliss-reactive ketones (excluding diaryl/α,β-unsaturated/α-hetero) is 1. The highest BCUT2D eigenvalue weighted by molar-refractivity contribution is 7.85. The number of ether oxygens (including phenoxy) is 4. The van der Waals surface area contributed by atoms with E-state index < -0.39 is 66.4 Å². The van der Waals surface area contributed by atoms with Gasteiger partial charge in [0.05, 0.1) is 45.7 Å². The highest BCUT2D eigenvalue weighted by Crippen LogP contribution is 2.49. The summed E-state index contributed by atoms with van der Waals surface area (Å²) in [6, 6.07) is 21.0. The number of aliphatic imine (C=N–C) groups is 1. The second kappa shape index (κ2) is 21.0. The Morgan fingerprint density at radius 3 is 2.22 bits per heavy atom. The first-order valence-electron chi connectivity index (χ1n) is 23.0. The van der Waals surface area contributed by atoms with Gasteiger partial charge < -0.3 is 39.4 Å². The first-order chi connectivity index (χ1) is 34.4. The Morgan fingerprint density at radius 2 is 1.59 bits per heavy atom. The lowest BCUT2D eigenvalue weighted by molar-refractivity contribution is -0.386. The summed E-state index contributed by atoms with van der Waals surface area (Å²) in [6.07, 6.45) is 0.983. The number of nitrogens with zero attached hydrogens (tertiary/aromatic N) is 5. The fourth-order valence-electron chi connectivity index (χ4n) is 8.91. The number of nitrogens with one attached hydrogen (secondary N) is 2. The molecule has 0 saturated carbocycles. The molecule has 0 fully saturated rings. The smallest absolute Gasteiger partial charge is 0.493 e. The number of anilines is 1. The number of hydrogen-bond donors (Lipinski definition) is 3. The number of rotatable bonds is 20. The average Bonchev–Trinajstić information content (AvgIpc) is 3.70. The highest BCUT2D eigenvalue weighted by Gasteiger charge is 2.43. The van der Waals surface area contributed by atoms with Crippen molar-refractivity contribution in [2.45, 2.75) is 57.6 Å². The molecule has 73 heavy (non-hydrogen) atoms. The van der Waals surface area contributed by atoms with Gasteiger partial charge in [0.1, 0.15) is 30.3 Å². The van der Waals surface area contributed by atoms with Gasteiger partial charge in [0.15, 0.2) is 17.3 Å². The minimum atomic E-state index is -4.75. The van der Waals surface area contributed by atoms with Gasteiger partial charge in [-0.25, -0.2) is 4.79 Å². The molecule has 1 amide bonds. The molecule has 2 aliphatic heterocycles. The molecule has 0 spiro atoms. The van der Waals surface area contributed by atoms with E-state index in [1.807, 2.05) is 88.2 Å². The number of allylic oxidation sites excluding steroid dienone is 5. The fraction of sp³-hybridized carbons (Fsp3) is 0.333. The number of benzene rings is 4. The Kier molecular flexibility index (Phi) is 15.2. The summed E-state index contributed by atoms with van der Waals surface area (Å²) in [4.78, 5) is 71.1. The van der Waals surface area contributed by atoms with E-state index in [-0.39, 0.29) is 77.4 Å². The van der Waals surface area contributed by atoms with Crippen LogP contribution >= 0.6 is 0 Å². The van der Waals surface area contributed by atoms with Crippen LogP contribution in [0.3, 0.4) is 0 Å². The molecule has 2 heterocycles. The van der Waals surface area contributed by atoms with Crippen LogP contribution < -0.4 is 29.7 Å². The van der Waals surface area contributed by atoms with Crippen LogP contribution in [-0.4, -0.2) is 111 Å². The van der Waals surface area contributed by atoms with Crippen molar-refractivity contribution in [2.24, 2.45) is 4.99 Å². The number of methoxy groups -OCH3 is 1. The van der Waals surface area contributed by atoms with Gasteiger partial charge in [-0.15, -0.1) is 0 Å². The molecule has 21 nitrogen and oxygen atoms in total. The summed E-state index contributed by atoms with van der Waals surface area (Å²) < 4.78 is 56.7. The summed E-state index contributed by atoms with van der Waals surface area (Å²) in [5, 5.41) is 28.9. The molecule has 0 aromatic heterocycles. The maximum atomic E-state index is 14.3. The lowest BCUT2D eigenvalue weighted by atomic mass is 9.77. The van der Waals surface area contributed by atoms with Gasteiger partial charge in [-0.1, -0.05) is 64.1 Å². The van der Waals surface area contributed by atoms with Crippen LogP contribution in [0.1, 0.15) is 57.4 Å². The van der Waals surface area contributed by atoms with Crippen LogP contribution in [0.15, 0.2) is 125 Å². The zero-order valence-corrected chi connectivity index (χ0v) is 42.1. The number of nitro groups is 2. The zero-order chi connectivity index (χ0) is 53.2. The van der Waals surface area contributed by atoms with Gasteiger partial charge >= 0.3 is 6.16 Å². The minimum Gasteiger partial charge on any atom is -0.493 e. The quantitative estimate of drug-likeness (QED) is 0.0197. The van der Waals surface area contributed by atoms with Crippen molar-refractivity contribution in [3.05, 3.63) is 157 Å². The van der Waals surface area contributed by atoms with Crippen LogP contribution in [0.4, 0.5) is 27.5 Å². The molecule has 1 aliphatic carbocycles. The predicted octanol–water partition coefficient (Wildman–Crippen LogP) is 7.20. The first-order valence-corrected chi connectivity index (χ1v) is 24.6. The van der Waals surface area contributed by atoms with E-state index in [0.29, 0.717) is 5.71 Å². The standard InChI is InChI=1S/C51H55N7O14S/c1-30(71-49(61)72-32-19-17-31(18-20-32)57(62)63)33-25-42(69-8)43(28-41(33)58(64)65)70-24-23-55(6)22-21-52-48(60)39(29-73(66,67)68)54-46-34(26-44-50(2,3)36-13-9-11-15-38(36)53-44)47(59)35(46)27-45-51(4,5)37-14-10-12-16-40(37)56(45)7/h9-20,25-28,30,39,54H,21-24,29H2,1-8H3,(H,52,60)(H,66,67,68)/b34-26-,45-27+. The van der Waals surface area contributed by atoms with E-state index in [9.17, 15) is 47.6 Å². The molecule has 2 unspecified atom stereocenters. The number of ketones is 1. The van der Waals surface area contributed by atoms with E-state index >= 15 is 0 Å². The van der Waals surface area contributed by atoms with E-state index in [1.165, 1.54) is 32.2 Å². The van der Waals surface area contributed by atoms with Crippen LogP contribution in [0.25, 0.3) is 0 Å². The molecule has 384 valence electrons. The Hall–Kier alpha value is -7.95. The van der Waals surface area contributed by atoms with Crippen molar-refractivity contribution < 1.29 is 56.1 Å². The summed E-state index contributed by atoms with van der Waals surface area (Å²) in [7, 11) is 0.177. The summed E-state index contributed by atoms with van der Waals surface area (Å²) in [5.74, 6) is -2.09. The van der Waals surface area contributed by atoms with Gasteiger partial charge in [0, 0.05) is 72.2 Å². The average molecular weight is 1020 g/mol. The third-order valence-corrected chi connectivity index (χ3v) is 13.7. The molecule has 7 rings (SSSR count). The number of carbonyl (C=O) groups excluding carboxylic acids is 3. The second-order valence-corrected chi connectivity index (χ2v) is 20.1. The lowest BCUT2D eigenvalue weighted by Gasteiger charge is -2.32. The third-order valence-electron chi connectivity index (χ3n) is 13.0. The molecule has 0 bridgehead atoms. The number of hydrogen-bond acceptors (Lipinski definition) is 17. The number of likely N-dealkylation sites (N-methyl/N-ethyl adjacent to an activating group) is 2. The summed E-state index contributed by atoms with van der Waals surface area (Å²) in [5.41, 5.74) is 3.88. The Balaban J connectivity index is 1.03. The van der Waals surface area contributed by atoms with E-state index in [1.54, 1.807) is 24.1 Å². The van der Waals surface area contributed by atoms with Crippen molar-refractivity contribution in [2.75, 3.05) is 58.1 Å². The molecule has 3 N–H and O–H groups in total. The highest BCUT2D eigenvalue weighted by atomic mass is 32.2. The van der Waals surface area contributed by atoms with Crippen molar-refractivity contribution in [3.63, 3.8) is 0 Å². The van der Waals surface area contributed by atoms with Crippen LogP contribution in [0.5, 0.6) is 17.2 Å². The fourth-order valence-corrected chi connectivity index (χ4v) is 9.56. The molecular formula is C51H55N7O14S. The Labute approximate surface area is 421 Å². The first kappa shape index (κ1) is 52.9. The van der Waals surface area contributed by atoms with Crippen LogP contribution in [0, 0.1) is 20.2 Å². The number of carbonyl (C=O) groups is 3. The topological polar surface area (TPSA) is 272 Å². The predicted molar refractivity (Wildman–Crippen MR) is 270 cm³/mol. The molecule has 3 aliphatic rings. The Morgan fingerprint density at radius 1 is 0.918 bits per heavy atom. The van der Waals surface area contributed by atoms with Gasteiger partial charge in [-0.3, -0.25) is 39.4 Å². The number of amides is 1. The third kappa shape index (κ3) is 11.4. The molecule has 0 radical (unpaired) electrons. The van der Waals surface area contributed by atoms with Crippen molar-refractivity contribution in [1.29, 1.82) is 0 Å². The zero-order valence-electron chi connectivity index (χ0n) is 41.3. The number of fused-ring (bicyclic) bond motifs is 2. The molecule has 0 saturated heterocycles. The van der Waals surface area contributed by atoms with E-state index in [4.69, 9.17) is 23.9 Å². The largest absolute Gasteiger partial charge is 0.514 e. The second-order valence-electron chi connectivity index (χ2n) is 18.6.